The van der Waals surface area contributed by atoms with E-state index in [9.17, 15) is 24.3 Å². The van der Waals surface area contributed by atoms with E-state index in [1.807, 2.05) is 67.6 Å². The summed E-state index contributed by atoms with van der Waals surface area (Å²) in [4.78, 5) is 53.0. The van der Waals surface area contributed by atoms with Crippen molar-refractivity contribution in [3.8, 4) is 0 Å². The standard InChI is InChI=1S/C30H39N3O6/c1-3-4-11-20(2)26-18-27(35)31-23(16-21-12-7-5-8-13-21)28(36)33-25(19-34)29(37)32-24(30(38)39-26)17-22-14-9-6-10-15-22/h5-10,12-15,20,23-26,34H,3-4,11,16-19H2,1-2H3,(H,31,35)(H,32,37)(H,33,36). The number of unbranched alkanes of at least 4 members (excludes halogenated alkanes) is 1. The molecule has 9 heteroatoms. The lowest BCUT2D eigenvalue weighted by molar-refractivity contribution is -0.157. The fraction of sp³-hybridized carbons (Fsp3) is 0.467. The summed E-state index contributed by atoms with van der Waals surface area (Å²) < 4.78 is 5.89. The number of carbonyl (C=O) groups excluding carboxylic acids is 4. The molecule has 0 aromatic heterocycles. The highest BCUT2D eigenvalue weighted by Crippen LogP contribution is 2.20. The summed E-state index contributed by atoms with van der Waals surface area (Å²) in [5, 5.41) is 17.9. The van der Waals surface area contributed by atoms with Crippen molar-refractivity contribution in [2.24, 2.45) is 5.92 Å². The zero-order chi connectivity index (χ0) is 28.2. The van der Waals surface area contributed by atoms with Crippen molar-refractivity contribution in [1.29, 1.82) is 0 Å². The Morgan fingerprint density at radius 1 is 0.821 bits per heavy atom. The van der Waals surface area contributed by atoms with Gasteiger partial charge in [0.1, 0.15) is 24.2 Å². The average Bonchev–Trinajstić information content (AvgIpc) is 2.94. The van der Waals surface area contributed by atoms with E-state index in [-0.39, 0.29) is 25.2 Å². The first-order valence-corrected chi connectivity index (χ1v) is 13.6. The highest BCUT2D eigenvalue weighted by atomic mass is 16.5. The summed E-state index contributed by atoms with van der Waals surface area (Å²) in [5.41, 5.74) is 1.61. The van der Waals surface area contributed by atoms with Gasteiger partial charge in [0.2, 0.25) is 17.7 Å². The zero-order valence-electron chi connectivity index (χ0n) is 22.6. The quantitative estimate of drug-likeness (QED) is 0.362. The van der Waals surface area contributed by atoms with Gasteiger partial charge in [-0.25, -0.2) is 4.79 Å². The van der Waals surface area contributed by atoms with E-state index in [1.165, 1.54) is 0 Å². The second-order valence-electron chi connectivity index (χ2n) is 10.1. The molecule has 4 N–H and O–H groups in total. The molecule has 5 atom stereocenters. The Morgan fingerprint density at radius 3 is 1.92 bits per heavy atom. The molecule has 210 valence electrons. The van der Waals surface area contributed by atoms with Crippen LogP contribution in [-0.2, 0) is 36.8 Å². The predicted molar refractivity (Wildman–Crippen MR) is 146 cm³/mol. The number of hydrogen-bond donors (Lipinski definition) is 4. The van der Waals surface area contributed by atoms with Gasteiger partial charge in [0.25, 0.3) is 0 Å². The Morgan fingerprint density at radius 2 is 1.36 bits per heavy atom. The first kappa shape index (κ1) is 29.8. The number of hydrogen-bond acceptors (Lipinski definition) is 6. The van der Waals surface area contributed by atoms with Crippen LogP contribution in [0.25, 0.3) is 0 Å². The molecule has 1 aliphatic heterocycles. The van der Waals surface area contributed by atoms with Gasteiger partial charge in [0.15, 0.2) is 0 Å². The fourth-order valence-electron chi connectivity index (χ4n) is 4.58. The van der Waals surface area contributed by atoms with E-state index in [4.69, 9.17) is 4.74 Å². The smallest absolute Gasteiger partial charge is 0.329 e. The van der Waals surface area contributed by atoms with Crippen LogP contribution in [-0.4, -0.2) is 59.6 Å². The normalized spacial score (nSPS) is 23.7. The lowest BCUT2D eigenvalue weighted by Gasteiger charge is -2.27. The molecule has 2 aromatic rings. The number of benzene rings is 2. The number of rotatable bonds is 9. The molecule has 39 heavy (non-hydrogen) atoms. The molecule has 0 aliphatic carbocycles. The van der Waals surface area contributed by atoms with Gasteiger partial charge in [0.05, 0.1) is 13.0 Å². The number of aliphatic hydroxyl groups is 1. The number of amides is 3. The van der Waals surface area contributed by atoms with Crippen LogP contribution in [0.5, 0.6) is 0 Å². The van der Waals surface area contributed by atoms with Crippen molar-refractivity contribution < 1.29 is 29.0 Å². The largest absolute Gasteiger partial charge is 0.460 e. The molecular formula is C30H39N3O6. The SMILES string of the molecule is CCCCC(C)C1CC(=O)NC(Cc2ccccc2)C(=O)NC(CO)C(=O)NC(Cc2ccccc2)C(=O)O1. The fourth-order valence-corrected chi connectivity index (χ4v) is 4.58. The van der Waals surface area contributed by atoms with Crippen LogP contribution >= 0.6 is 0 Å². The molecule has 0 bridgehead atoms. The molecule has 2 aromatic carbocycles. The van der Waals surface area contributed by atoms with E-state index in [0.717, 1.165) is 30.4 Å². The van der Waals surface area contributed by atoms with Crippen LogP contribution in [0.1, 0.15) is 50.7 Å². The van der Waals surface area contributed by atoms with Gasteiger partial charge < -0.3 is 25.8 Å². The molecule has 5 unspecified atom stereocenters. The molecule has 1 aliphatic rings. The van der Waals surface area contributed by atoms with Crippen LogP contribution in [0.4, 0.5) is 0 Å². The Hall–Kier alpha value is -3.72. The van der Waals surface area contributed by atoms with Crippen molar-refractivity contribution >= 4 is 23.7 Å². The maximum Gasteiger partial charge on any atom is 0.329 e. The minimum atomic E-state index is -1.32. The number of esters is 1. The average molecular weight is 538 g/mol. The highest BCUT2D eigenvalue weighted by molar-refractivity contribution is 5.94. The van der Waals surface area contributed by atoms with Crippen LogP contribution in [0.2, 0.25) is 0 Å². The predicted octanol–water partition coefficient (Wildman–Crippen LogP) is 2.06. The first-order chi connectivity index (χ1) is 18.8. The summed E-state index contributed by atoms with van der Waals surface area (Å²) in [7, 11) is 0. The molecule has 0 spiro atoms. The molecule has 3 amide bonds. The van der Waals surface area contributed by atoms with Gasteiger partial charge in [-0.15, -0.1) is 0 Å². The molecule has 1 fully saturated rings. The van der Waals surface area contributed by atoms with Crippen molar-refractivity contribution in [3.05, 3.63) is 71.8 Å². The summed E-state index contributed by atoms with van der Waals surface area (Å²) in [6, 6.07) is 14.9. The van der Waals surface area contributed by atoms with Gasteiger partial charge in [-0.3, -0.25) is 14.4 Å². The summed E-state index contributed by atoms with van der Waals surface area (Å²) >= 11 is 0. The lowest BCUT2D eigenvalue weighted by Crippen LogP contribution is -2.57. The number of nitrogens with one attached hydrogen (secondary N) is 3. The zero-order valence-corrected chi connectivity index (χ0v) is 22.6. The minimum Gasteiger partial charge on any atom is -0.460 e. The highest BCUT2D eigenvalue weighted by Gasteiger charge is 2.34. The van der Waals surface area contributed by atoms with Crippen LogP contribution in [0, 0.1) is 5.92 Å². The molecule has 1 saturated heterocycles. The van der Waals surface area contributed by atoms with Gasteiger partial charge in [0, 0.05) is 12.8 Å². The number of cyclic esters (lactones) is 1. The minimum absolute atomic E-state index is 0.120. The molecule has 0 radical (unpaired) electrons. The van der Waals surface area contributed by atoms with Crippen LogP contribution in [0.15, 0.2) is 60.7 Å². The van der Waals surface area contributed by atoms with Crippen LogP contribution in [0.3, 0.4) is 0 Å². The summed E-state index contributed by atoms with van der Waals surface area (Å²) in [6.07, 6.45) is 2.07. The van der Waals surface area contributed by atoms with Gasteiger partial charge in [-0.2, -0.15) is 0 Å². The molecular weight excluding hydrogens is 498 g/mol. The van der Waals surface area contributed by atoms with E-state index in [0.29, 0.717) is 0 Å². The van der Waals surface area contributed by atoms with Crippen LogP contribution < -0.4 is 16.0 Å². The van der Waals surface area contributed by atoms with Crippen molar-refractivity contribution in [1.82, 2.24) is 16.0 Å². The van der Waals surface area contributed by atoms with Crippen molar-refractivity contribution in [2.75, 3.05) is 6.61 Å². The second kappa shape index (κ2) is 15.0. The second-order valence-corrected chi connectivity index (χ2v) is 10.1. The lowest BCUT2D eigenvalue weighted by atomic mass is 9.95. The van der Waals surface area contributed by atoms with Crippen molar-refractivity contribution in [3.63, 3.8) is 0 Å². The molecule has 1 heterocycles. The van der Waals surface area contributed by atoms with E-state index >= 15 is 0 Å². The number of aliphatic hydroxyl groups excluding tert-OH is 1. The maximum atomic E-state index is 13.4. The summed E-state index contributed by atoms with van der Waals surface area (Å²) in [5.74, 6) is -2.56. The molecule has 0 saturated carbocycles. The number of ether oxygens (including phenoxy) is 1. The Balaban J connectivity index is 1.93. The molecule has 3 rings (SSSR count). The van der Waals surface area contributed by atoms with Gasteiger partial charge >= 0.3 is 5.97 Å². The monoisotopic (exact) mass is 537 g/mol. The molecule has 9 nitrogen and oxygen atoms in total. The van der Waals surface area contributed by atoms with E-state index in [2.05, 4.69) is 22.9 Å². The first-order valence-electron chi connectivity index (χ1n) is 13.6. The Bertz CT molecular complexity index is 1090. The topological polar surface area (TPSA) is 134 Å². The third-order valence-electron chi connectivity index (χ3n) is 6.94. The Kier molecular flexibility index (Phi) is 11.5. The maximum absolute atomic E-state index is 13.4. The van der Waals surface area contributed by atoms with Crippen molar-refractivity contribution in [2.45, 2.75) is 76.6 Å². The third-order valence-corrected chi connectivity index (χ3v) is 6.94. The van der Waals surface area contributed by atoms with E-state index < -0.39 is 54.5 Å². The Labute approximate surface area is 229 Å². The van der Waals surface area contributed by atoms with Gasteiger partial charge in [-0.1, -0.05) is 87.4 Å². The van der Waals surface area contributed by atoms with Gasteiger partial charge in [-0.05, 0) is 23.5 Å². The summed E-state index contributed by atoms with van der Waals surface area (Å²) in [6.45, 7) is 3.30. The number of carbonyl (C=O) groups is 4. The van der Waals surface area contributed by atoms with E-state index in [1.54, 1.807) is 0 Å². The third kappa shape index (κ3) is 9.21.